The predicted octanol–water partition coefficient (Wildman–Crippen LogP) is 0.260. The minimum atomic E-state index is -1.85. The minimum absolute atomic E-state index is 0.0783. The van der Waals surface area contributed by atoms with Crippen LogP contribution in [0.25, 0.3) is 0 Å². The van der Waals surface area contributed by atoms with Gasteiger partial charge in [0.2, 0.25) is 6.29 Å². The smallest absolute Gasteiger partial charge is 0.315 e. The summed E-state index contributed by atoms with van der Waals surface area (Å²) in [6.07, 6.45) is -8.87. The molecule has 0 aromatic heterocycles. The van der Waals surface area contributed by atoms with Crippen LogP contribution in [0.2, 0.25) is 0 Å². The third-order valence-electron chi connectivity index (χ3n) is 17.8. The van der Waals surface area contributed by atoms with Gasteiger partial charge in [-0.25, -0.2) is 0 Å². The molecule has 2 saturated heterocycles. The molecule has 0 aromatic rings. The number of hydrogen-bond acceptors (Lipinski definition) is 15. The van der Waals surface area contributed by atoms with Crippen LogP contribution in [0.3, 0.4) is 0 Å². The van der Waals surface area contributed by atoms with E-state index in [2.05, 4.69) is 26.8 Å². The average molecular weight is 813 g/mol. The van der Waals surface area contributed by atoms with E-state index in [-0.39, 0.29) is 35.2 Å². The first-order chi connectivity index (χ1) is 26.6. The highest BCUT2D eigenvalue weighted by atomic mass is 16.7. The molecule has 7 rings (SSSR count). The lowest BCUT2D eigenvalue weighted by Gasteiger charge is -2.72. The number of hydrogen-bond donors (Lipinski definition) is 10. The van der Waals surface area contributed by atoms with Crippen molar-refractivity contribution in [2.75, 3.05) is 19.8 Å². The highest BCUT2D eigenvalue weighted by molar-refractivity contribution is 5.79. The van der Waals surface area contributed by atoms with Gasteiger partial charge in [0.1, 0.15) is 48.8 Å². The van der Waals surface area contributed by atoms with Gasteiger partial charge in [0.05, 0.1) is 36.9 Å². The summed E-state index contributed by atoms with van der Waals surface area (Å²) in [5.74, 6) is -1.12. The zero-order valence-corrected chi connectivity index (χ0v) is 34.2. The van der Waals surface area contributed by atoms with Gasteiger partial charge in [-0.1, -0.05) is 46.3 Å². The minimum Gasteiger partial charge on any atom is -0.432 e. The van der Waals surface area contributed by atoms with E-state index in [1.165, 1.54) is 0 Å². The number of carbonyl (C=O) groups is 1. The van der Waals surface area contributed by atoms with Crippen LogP contribution in [-0.4, -0.2) is 150 Å². The number of fused-ring (bicyclic) bond motifs is 7. The van der Waals surface area contributed by atoms with E-state index in [4.69, 9.17) is 18.9 Å². The second kappa shape index (κ2) is 14.9. The molecule has 15 nitrogen and oxygen atoms in total. The number of rotatable bonds is 7. The topological polar surface area (TPSA) is 256 Å². The number of carbonyl (C=O) groups excluding carboxylic acids is 1. The Hall–Kier alpha value is -1.31. The van der Waals surface area contributed by atoms with Crippen LogP contribution in [-0.2, 0) is 23.7 Å². The number of esters is 1. The molecule has 7 aliphatic rings. The van der Waals surface area contributed by atoms with Gasteiger partial charge in [0, 0.05) is 11.3 Å². The summed E-state index contributed by atoms with van der Waals surface area (Å²) in [7, 11) is 0. The van der Waals surface area contributed by atoms with Crippen molar-refractivity contribution in [2.45, 2.75) is 172 Å². The van der Waals surface area contributed by atoms with E-state index in [0.717, 1.165) is 31.3 Å². The Morgan fingerprint density at radius 1 is 0.754 bits per heavy atom. The van der Waals surface area contributed by atoms with Crippen molar-refractivity contribution < 1.29 is 74.8 Å². The van der Waals surface area contributed by atoms with Crippen molar-refractivity contribution in [3.63, 3.8) is 0 Å². The van der Waals surface area contributed by atoms with Gasteiger partial charge >= 0.3 is 5.97 Å². The number of aliphatic hydroxyl groups is 10. The molecular weight excluding hydrogens is 744 g/mol. The number of ether oxygens (including phenoxy) is 4. The second-order valence-corrected chi connectivity index (χ2v) is 20.2. The Balaban J connectivity index is 1.16. The van der Waals surface area contributed by atoms with E-state index in [9.17, 15) is 55.9 Å². The van der Waals surface area contributed by atoms with Crippen LogP contribution >= 0.6 is 0 Å². The van der Waals surface area contributed by atoms with E-state index in [0.29, 0.717) is 32.1 Å². The molecule has 326 valence electrons. The fraction of sp³-hybridized carbons (Fsp3) is 0.929. The molecule has 15 heteroatoms. The molecule has 5 aliphatic carbocycles. The highest BCUT2D eigenvalue weighted by Crippen LogP contribution is 2.76. The first kappa shape index (κ1) is 43.8. The third kappa shape index (κ3) is 6.26. The summed E-state index contributed by atoms with van der Waals surface area (Å²) in [6.45, 7) is 11.5. The largest absolute Gasteiger partial charge is 0.432 e. The van der Waals surface area contributed by atoms with E-state index in [1.54, 1.807) is 6.92 Å². The molecule has 4 saturated carbocycles. The molecular formula is C42H68O15. The SMILES string of the molecule is CC1CCC2(C(=O)OC3OC(COC4OC(CO)C(O)C(O)C4O)C(O)C(O)C3O)CCC3(C)C(=CCC4C5(C)CCC(O)C(C)(CO)C5CCC43C)C2C1(C)O. The van der Waals surface area contributed by atoms with Crippen molar-refractivity contribution in [3.05, 3.63) is 11.6 Å². The lowest BCUT2D eigenvalue weighted by Crippen LogP contribution is -2.68. The summed E-state index contributed by atoms with van der Waals surface area (Å²) in [4.78, 5) is 14.9. The molecule has 0 bridgehead atoms. The maximum Gasteiger partial charge on any atom is 0.315 e. The molecule has 0 amide bonds. The van der Waals surface area contributed by atoms with Crippen molar-refractivity contribution in [1.29, 1.82) is 0 Å². The Bertz CT molecular complexity index is 1540. The zero-order valence-electron chi connectivity index (χ0n) is 34.2. The fourth-order valence-corrected chi connectivity index (χ4v) is 13.6. The van der Waals surface area contributed by atoms with Gasteiger partial charge < -0.3 is 70.0 Å². The summed E-state index contributed by atoms with van der Waals surface area (Å²) in [6, 6.07) is 0. The van der Waals surface area contributed by atoms with Gasteiger partial charge in [0.25, 0.3) is 0 Å². The lowest BCUT2D eigenvalue weighted by atomic mass is 9.33. The van der Waals surface area contributed by atoms with Crippen LogP contribution in [0.1, 0.15) is 99.3 Å². The molecule has 0 aromatic carbocycles. The predicted molar refractivity (Wildman–Crippen MR) is 200 cm³/mol. The van der Waals surface area contributed by atoms with Gasteiger partial charge in [-0.05, 0) is 98.7 Å². The van der Waals surface area contributed by atoms with Crippen LogP contribution in [0.5, 0.6) is 0 Å². The standard InChI is InChI=1S/C42H68O15/c1-20-9-14-42(36(52)57-35-32(51)30(49)28(47)23(56-35)18-54-34-31(50)29(48)27(46)22(17-43)55-34)16-15-39(4)21(33(42)41(20,6)53)7-8-25-37(2)12-11-26(45)38(3,19-44)24(37)10-13-40(25,39)5/h7,20,22-35,43-51,53H,8-19H2,1-6H3. The van der Waals surface area contributed by atoms with E-state index >= 15 is 0 Å². The van der Waals surface area contributed by atoms with Crippen molar-refractivity contribution in [2.24, 2.45) is 50.7 Å². The lowest BCUT2D eigenvalue weighted by molar-refractivity contribution is -0.329. The molecule has 2 aliphatic heterocycles. The summed E-state index contributed by atoms with van der Waals surface area (Å²) in [5, 5.41) is 107. The molecule has 57 heavy (non-hydrogen) atoms. The molecule has 2 heterocycles. The van der Waals surface area contributed by atoms with Gasteiger partial charge in [-0.15, -0.1) is 0 Å². The van der Waals surface area contributed by atoms with Crippen LogP contribution in [0.4, 0.5) is 0 Å². The van der Waals surface area contributed by atoms with Crippen LogP contribution < -0.4 is 0 Å². The number of aliphatic hydroxyl groups excluding tert-OH is 9. The average Bonchev–Trinajstić information content (AvgIpc) is 3.17. The Labute approximate surface area is 335 Å². The molecule has 21 atom stereocenters. The monoisotopic (exact) mass is 812 g/mol. The Morgan fingerprint density at radius 2 is 1.39 bits per heavy atom. The third-order valence-corrected chi connectivity index (χ3v) is 17.8. The molecule has 10 N–H and O–H groups in total. The normalized spacial score (nSPS) is 56.4. The molecule has 0 radical (unpaired) electrons. The first-order valence-electron chi connectivity index (χ1n) is 21.1. The van der Waals surface area contributed by atoms with E-state index < -0.39 is 114 Å². The highest BCUT2D eigenvalue weighted by Gasteiger charge is 2.72. The first-order valence-corrected chi connectivity index (χ1v) is 21.1. The fourth-order valence-electron chi connectivity index (χ4n) is 13.6. The Morgan fingerprint density at radius 3 is 2.04 bits per heavy atom. The summed E-state index contributed by atoms with van der Waals surface area (Å²) in [5.41, 5.74) is -2.86. The molecule has 6 fully saturated rings. The molecule has 0 spiro atoms. The zero-order chi connectivity index (χ0) is 41.8. The maximum atomic E-state index is 14.9. The summed E-state index contributed by atoms with van der Waals surface area (Å²) >= 11 is 0. The van der Waals surface area contributed by atoms with Gasteiger partial charge in [0.15, 0.2) is 6.29 Å². The maximum absolute atomic E-state index is 14.9. The van der Waals surface area contributed by atoms with Gasteiger partial charge in [-0.2, -0.15) is 0 Å². The summed E-state index contributed by atoms with van der Waals surface area (Å²) < 4.78 is 22.9. The molecule has 21 unspecified atom stereocenters. The van der Waals surface area contributed by atoms with Crippen molar-refractivity contribution in [3.8, 4) is 0 Å². The van der Waals surface area contributed by atoms with Crippen LogP contribution in [0.15, 0.2) is 11.6 Å². The Kier molecular flexibility index (Phi) is 11.5. The number of allylic oxidation sites excluding steroid dienone is 1. The van der Waals surface area contributed by atoms with Crippen molar-refractivity contribution in [1.82, 2.24) is 0 Å². The second-order valence-electron chi connectivity index (χ2n) is 20.2. The van der Waals surface area contributed by atoms with Crippen molar-refractivity contribution >= 4 is 5.97 Å². The van der Waals surface area contributed by atoms with Crippen LogP contribution in [0, 0.1) is 50.7 Å². The van der Waals surface area contributed by atoms with E-state index in [1.807, 2.05) is 13.8 Å². The van der Waals surface area contributed by atoms with Gasteiger partial charge in [-0.3, -0.25) is 4.79 Å². The quantitative estimate of drug-likeness (QED) is 0.122.